The monoisotopic (exact) mass is 372 g/mol. The van der Waals surface area contributed by atoms with E-state index in [0.29, 0.717) is 17.1 Å². The molecule has 0 unspecified atom stereocenters. The maximum absolute atomic E-state index is 12.7. The number of ether oxygens (including phenoxy) is 2. The van der Waals surface area contributed by atoms with Crippen LogP contribution in [-0.2, 0) is 9.84 Å². The first-order chi connectivity index (χ1) is 11.7. The normalized spacial score (nSPS) is 22.4. The van der Waals surface area contributed by atoms with Gasteiger partial charge in [0.1, 0.15) is 0 Å². The predicted molar refractivity (Wildman–Crippen MR) is 92.7 cm³/mol. The smallest absolute Gasteiger partial charge is 0.178 e. The lowest BCUT2D eigenvalue weighted by atomic mass is 10.1. The van der Waals surface area contributed by atoms with Gasteiger partial charge in [-0.15, -0.1) is 0 Å². The Morgan fingerprint density at radius 2 is 1.84 bits per heavy atom. The van der Waals surface area contributed by atoms with Gasteiger partial charge in [0.25, 0.3) is 0 Å². The predicted octanol–water partition coefficient (Wildman–Crippen LogP) is -0.177. The maximum Gasteiger partial charge on any atom is 0.178 e. The van der Waals surface area contributed by atoms with Gasteiger partial charge in [-0.25, -0.2) is 18.4 Å². The molecule has 0 bridgehead atoms. The highest BCUT2D eigenvalue weighted by molar-refractivity contribution is 7.91. The zero-order valence-electron chi connectivity index (χ0n) is 14.8. The summed E-state index contributed by atoms with van der Waals surface area (Å²) in [5.74, 6) is 0.276. The van der Waals surface area contributed by atoms with Gasteiger partial charge in [-0.2, -0.15) is 0 Å². The Morgan fingerprint density at radius 3 is 2.32 bits per heavy atom. The third-order valence-corrected chi connectivity index (χ3v) is 5.90. The highest BCUT2D eigenvalue weighted by Gasteiger charge is 2.41. The van der Waals surface area contributed by atoms with Crippen LogP contribution in [0.2, 0.25) is 0 Å². The molecule has 0 aliphatic carbocycles. The lowest BCUT2D eigenvalue weighted by molar-refractivity contribution is -0.0420. The number of hydrogen-bond donors (Lipinski definition) is 1. The Labute approximate surface area is 147 Å². The van der Waals surface area contributed by atoms with Crippen LogP contribution in [0.4, 0.5) is 0 Å². The van der Waals surface area contributed by atoms with Crippen LogP contribution in [0, 0.1) is 0 Å². The molecular weight excluding hydrogens is 348 g/mol. The fourth-order valence-electron chi connectivity index (χ4n) is 2.90. The van der Waals surface area contributed by atoms with E-state index in [0.717, 1.165) is 0 Å². The number of nitrogens with zero attached hydrogens (tertiary/aromatic N) is 2. The van der Waals surface area contributed by atoms with Gasteiger partial charge >= 0.3 is 0 Å². The van der Waals surface area contributed by atoms with Crippen LogP contribution in [-0.4, -0.2) is 87.8 Å². The molecule has 2 rings (SSSR count). The van der Waals surface area contributed by atoms with Crippen LogP contribution < -0.4 is 9.47 Å². The first-order valence-electron chi connectivity index (χ1n) is 7.76. The number of aliphatic hydroxyl groups is 1. The van der Waals surface area contributed by atoms with E-state index in [4.69, 9.17) is 9.47 Å². The summed E-state index contributed by atoms with van der Waals surface area (Å²) in [6, 6.07) is 4.20. The van der Waals surface area contributed by atoms with Crippen molar-refractivity contribution >= 4 is 15.6 Å². The minimum absolute atomic E-state index is 0.0558. The highest BCUT2D eigenvalue weighted by Crippen LogP contribution is 2.28. The van der Waals surface area contributed by atoms with Crippen molar-refractivity contribution in [2.24, 2.45) is 0 Å². The summed E-state index contributed by atoms with van der Waals surface area (Å²) in [7, 11) is 3.10. The van der Waals surface area contributed by atoms with E-state index in [-0.39, 0.29) is 23.8 Å². The van der Waals surface area contributed by atoms with Crippen molar-refractivity contribution in [1.82, 2.24) is 10.0 Å². The van der Waals surface area contributed by atoms with Crippen LogP contribution in [0.3, 0.4) is 0 Å². The van der Waals surface area contributed by atoms with Crippen molar-refractivity contribution < 1.29 is 27.8 Å². The molecule has 1 N–H and O–H groups in total. The molecule has 0 saturated carbocycles. The molecule has 0 radical (unpaired) electrons. The molecule has 1 aliphatic rings. The number of benzene rings is 1. The Balaban J connectivity index is 2.21. The molecule has 1 aliphatic heterocycles. The largest absolute Gasteiger partial charge is 0.493 e. The van der Waals surface area contributed by atoms with E-state index in [9.17, 15) is 18.3 Å². The van der Waals surface area contributed by atoms with Gasteiger partial charge in [-0.3, -0.25) is 4.79 Å². The number of carbonyl (C=O) groups is 1. The summed E-state index contributed by atoms with van der Waals surface area (Å²) in [6.45, 7) is -0.0558. The summed E-state index contributed by atoms with van der Waals surface area (Å²) in [6.07, 6.45) is -1.02. The lowest BCUT2D eigenvalue weighted by Gasteiger charge is -2.34. The molecule has 0 aromatic heterocycles. The van der Waals surface area contributed by atoms with E-state index < -0.39 is 22.0 Å². The number of carbonyl (C=O) groups excluding carboxylic acids is 1. The average molecular weight is 372 g/mol. The number of hydrazine groups is 1. The van der Waals surface area contributed by atoms with E-state index in [1.807, 2.05) is 0 Å². The first kappa shape index (κ1) is 19.6. The Hall–Kier alpha value is -1.68. The number of methoxy groups -OCH3 is 2. The Kier molecular flexibility index (Phi) is 6.04. The number of ketones is 1. The zero-order chi connectivity index (χ0) is 18.8. The van der Waals surface area contributed by atoms with E-state index in [2.05, 4.69) is 0 Å². The molecular formula is C16H24N2O6S. The third kappa shape index (κ3) is 4.49. The quantitative estimate of drug-likeness (QED) is 0.520. The second-order valence-corrected chi connectivity index (χ2v) is 8.30. The molecule has 1 saturated heterocycles. The van der Waals surface area contributed by atoms with Crippen LogP contribution in [0.25, 0.3) is 0 Å². The molecule has 25 heavy (non-hydrogen) atoms. The van der Waals surface area contributed by atoms with Crippen molar-refractivity contribution in [1.29, 1.82) is 0 Å². The zero-order valence-corrected chi connectivity index (χ0v) is 15.6. The minimum atomic E-state index is -3.31. The number of rotatable bonds is 7. The summed E-state index contributed by atoms with van der Waals surface area (Å²) < 4.78 is 33.9. The number of aliphatic hydroxyl groups excluding tert-OH is 1. The molecule has 2 atom stereocenters. The Morgan fingerprint density at radius 1 is 1.20 bits per heavy atom. The second-order valence-electron chi connectivity index (χ2n) is 6.15. The summed E-state index contributed by atoms with van der Waals surface area (Å²) >= 11 is 0. The number of sulfone groups is 1. The second kappa shape index (κ2) is 7.69. The van der Waals surface area contributed by atoms with E-state index in [1.165, 1.54) is 14.2 Å². The van der Waals surface area contributed by atoms with E-state index in [1.54, 1.807) is 42.3 Å². The van der Waals surface area contributed by atoms with Crippen LogP contribution in [0.15, 0.2) is 18.2 Å². The molecule has 0 amide bonds. The molecule has 140 valence electrons. The van der Waals surface area contributed by atoms with Gasteiger partial charge in [0.05, 0.1) is 44.4 Å². The molecule has 0 spiro atoms. The highest BCUT2D eigenvalue weighted by atomic mass is 32.2. The molecule has 1 aromatic rings. The van der Waals surface area contributed by atoms with Crippen LogP contribution in [0.1, 0.15) is 10.4 Å². The SMILES string of the molecule is COc1ccc(C(=O)CN([C@H]2CS(=O)(=O)C[C@H]2O)N(C)C)cc1OC. The van der Waals surface area contributed by atoms with Crippen molar-refractivity contribution in [3.05, 3.63) is 23.8 Å². The van der Waals surface area contributed by atoms with E-state index >= 15 is 0 Å². The van der Waals surface area contributed by atoms with Crippen molar-refractivity contribution in [3.63, 3.8) is 0 Å². The van der Waals surface area contributed by atoms with Crippen molar-refractivity contribution in [2.45, 2.75) is 12.1 Å². The minimum Gasteiger partial charge on any atom is -0.493 e. The van der Waals surface area contributed by atoms with Crippen LogP contribution >= 0.6 is 0 Å². The van der Waals surface area contributed by atoms with Crippen LogP contribution in [0.5, 0.6) is 11.5 Å². The third-order valence-electron chi connectivity index (χ3n) is 4.20. The Bertz CT molecular complexity index is 734. The average Bonchev–Trinajstić information content (AvgIpc) is 2.83. The van der Waals surface area contributed by atoms with Gasteiger partial charge in [-0.1, -0.05) is 0 Å². The maximum atomic E-state index is 12.7. The molecule has 1 aromatic carbocycles. The van der Waals surface area contributed by atoms with Gasteiger partial charge in [-0.05, 0) is 18.2 Å². The van der Waals surface area contributed by atoms with Gasteiger partial charge in [0.15, 0.2) is 27.1 Å². The van der Waals surface area contributed by atoms with Crippen molar-refractivity contribution in [2.75, 3.05) is 46.4 Å². The lowest BCUT2D eigenvalue weighted by Crippen LogP contribution is -2.52. The standard InChI is InChI=1S/C16H24N2O6S/c1-17(2)18(12-9-25(21,22)10-14(12)20)8-13(19)11-5-6-15(23-3)16(7-11)24-4/h5-7,12,14,20H,8-10H2,1-4H3/t12-,14+/m0/s1. The summed E-state index contributed by atoms with van der Waals surface area (Å²) in [5.41, 5.74) is 0.417. The van der Waals surface area contributed by atoms with Gasteiger partial charge in [0.2, 0.25) is 0 Å². The first-order valence-corrected chi connectivity index (χ1v) is 9.58. The number of hydrogen-bond acceptors (Lipinski definition) is 8. The summed E-state index contributed by atoms with van der Waals surface area (Å²) in [5, 5.41) is 13.3. The van der Waals surface area contributed by atoms with Gasteiger partial charge in [0, 0.05) is 19.7 Å². The summed E-state index contributed by atoms with van der Waals surface area (Å²) in [4.78, 5) is 12.7. The topological polar surface area (TPSA) is 96.4 Å². The molecule has 1 heterocycles. The molecule has 8 nitrogen and oxygen atoms in total. The number of Topliss-reactive ketones (excluding diaryl/α,β-unsaturated/α-hetero) is 1. The van der Waals surface area contributed by atoms with Crippen molar-refractivity contribution in [3.8, 4) is 11.5 Å². The fourth-order valence-corrected chi connectivity index (χ4v) is 4.69. The molecule has 9 heteroatoms. The van der Waals surface area contributed by atoms with Gasteiger partial charge < -0.3 is 14.6 Å². The molecule has 1 fully saturated rings. The fraction of sp³-hybridized carbons (Fsp3) is 0.562.